The van der Waals surface area contributed by atoms with Gasteiger partial charge in [-0.1, -0.05) is 0 Å². The highest BCUT2D eigenvalue weighted by molar-refractivity contribution is 7.85. The lowest BCUT2D eigenvalue weighted by Crippen LogP contribution is -2.52. The number of carbonyl (C=O) groups is 1. The van der Waals surface area contributed by atoms with Gasteiger partial charge in [-0.2, -0.15) is 0 Å². The van der Waals surface area contributed by atoms with Crippen molar-refractivity contribution >= 4 is 16.7 Å². The first-order chi connectivity index (χ1) is 9.79. The second-order valence-corrected chi connectivity index (χ2v) is 5.90. The summed E-state index contributed by atoms with van der Waals surface area (Å²) in [5.41, 5.74) is -0.296. The van der Waals surface area contributed by atoms with Crippen LogP contribution in [0.1, 0.15) is 6.42 Å². The minimum Gasteiger partial charge on any atom is -0.293 e. The summed E-state index contributed by atoms with van der Waals surface area (Å²) in [4.78, 5) is 46.1. The Morgan fingerprint density at radius 2 is 1.67 bits per heavy atom. The zero-order chi connectivity index (χ0) is 16.2. The lowest BCUT2D eigenvalue weighted by Gasteiger charge is -2.08. The molecule has 0 aliphatic rings. The van der Waals surface area contributed by atoms with Gasteiger partial charge >= 0.3 is 17.1 Å². The molecule has 118 valence electrons. The van der Waals surface area contributed by atoms with E-state index in [4.69, 9.17) is 5.84 Å². The monoisotopic (exact) mass is 319 g/mol. The van der Waals surface area contributed by atoms with E-state index in [0.29, 0.717) is 0 Å². The second-order valence-electron chi connectivity index (χ2n) is 4.33. The summed E-state index contributed by atoms with van der Waals surface area (Å²) in [6, 6.07) is 0. The number of carbonyl (C=O) groups excluding carboxylic acids is 1. The molecule has 0 aliphatic heterocycles. The number of amides is 1. The lowest BCUT2D eigenvalue weighted by atomic mass is 10.5. The molecule has 1 unspecified atom stereocenters. The third kappa shape index (κ3) is 3.98. The van der Waals surface area contributed by atoms with E-state index >= 15 is 0 Å². The number of hydrazine groups is 1. The van der Waals surface area contributed by atoms with Gasteiger partial charge in [0.1, 0.15) is 5.75 Å². The van der Waals surface area contributed by atoms with E-state index in [1.54, 1.807) is 0 Å². The van der Waals surface area contributed by atoms with Crippen molar-refractivity contribution in [2.45, 2.75) is 13.0 Å². The molecule has 3 N–H and O–H groups in total. The van der Waals surface area contributed by atoms with E-state index in [1.807, 2.05) is 5.43 Å². The summed E-state index contributed by atoms with van der Waals surface area (Å²) in [5.74, 6) is 4.21. The van der Waals surface area contributed by atoms with Crippen molar-refractivity contribution in [2.24, 2.45) is 19.9 Å². The van der Waals surface area contributed by atoms with Crippen molar-refractivity contribution in [3.8, 4) is 0 Å². The first-order valence-electron chi connectivity index (χ1n) is 6.01. The molecule has 10 nitrogen and oxygen atoms in total. The third-order valence-corrected chi connectivity index (χ3v) is 4.14. The van der Waals surface area contributed by atoms with E-state index in [0.717, 1.165) is 13.7 Å². The topological polar surface area (TPSA) is 138 Å². The number of hydrogen-bond acceptors (Lipinski definition) is 6. The lowest BCUT2D eigenvalue weighted by molar-refractivity contribution is -0.118. The molecule has 0 saturated heterocycles. The minimum absolute atomic E-state index is 0.00953. The molecule has 1 amide bonds. The van der Waals surface area contributed by atoms with Crippen molar-refractivity contribution < 1.29 is 9.00 Å². The molecule has 1 rings (SSSR count). The molecule has 0 bridgehead atoms. The molecule has 11 heteroatoms. The zero-order valence-electron chi connectivity index (χ0n) is 11.7. The van der Waals surface area contributed by atoms with Crippen molar-refractivity contribution in [1.29, 1.82) is 0 Å². The second kappa shape index (κ2) is 7.13. The molecule has 0 aliphatic carbocycles. The Morgan fingerprint density at radius 3 is 2.14 bits per heavy atom. The van der Waals surface area contributed by atoms with Crippen molar-refractivity contribution in [1.82, 2.24) is 19.1 Å². The Morgan fingerprint density at radius 1 is 1.14 bits per heavy atom. The number of nitrogens with two attached hydrogens (primary N) is 1. The molecule has 1 aromatic heterocycles. The van der Waals surface area contributed by atoms with E-state index in [-0.39, 0.29) is 24.5 Å². The predicted octanol–water partition coefficient (Wildman–Crippen LogP) is -3.63. The standard InChI is InChI=1S/C10H17N5O5S/c1-13-8(17)14(2)10(19)15(9(13)18)4-3-5-21(20)6-7(16)12-11/h3-6,11H2,1-2H3,(H,12,16). The van der Waals surface area contributed by atoms with Crippen LogP contribution in [0.4, 0.5) is 0 Å². The largest absolute Gasteiger partial charge is 0.336 e. The van der Waals surface area contributed by atoms with Crippen molar-refractivity contribution in [2.75, 3.05) is 11.5 Å². The first kappa shape index (κ1) is 17.0. The van der Waals surface area contributed by atoms with Crippen LogP contribution in [0, 0.1) is 0 Å². The Balaban J connectivity index is 2.80. The average Bonchev–Trinajstić information content (AvgIpc) is 2.46. The Bertz CT molecular complexity index is 691. The molecular weight excluding hydrogens is 302 g/mol. The summed E-state index contributed by atoms with van der Waals surface area (Å²) in [7, 11) is 1.10. The maximum absolute atomic E-state index is 11.8. The highest BCUT2D eigenvalue weighted by Crippen LogP contribution is 1.90. The summed E-state index contributed by atoms with van der Waals surface area (Å²) in [5, 5.41) is 0. The Labute approximate surface area is 121 Å². The van der Waals surface area contributed by atoms with Crippen LogP contribution in [0.5, 0.6) is 0 Å². The third-order valence-electron chi connectivity index (χ3n) is 2.82. The van der Waals surface area contributed by atoms with Crippen LogP contribution in [0.15, 0.2) is 14.4 Å². The van der Waals surface area contributed by atoms with Gasteiger partial charge in [0.15, 0.2) is 0 Å². The number of rotatable bonds is 6. The van der Waals surface area contributed by atoms with Crippen LogP contribution in [-0.2, 0) is 36.2 Å². The summed E-state index contributed by atoms with van der Waals surface area (Å²) < 4.78 is 14.1. The number of nitrogens with one attached hydrogen (secondary N) is 1. The van der Waals surface area contributed by atoms with E-state index < -0.39 is 33.8 Å². The molecule has 1 atom stereocenters. The van der Waals surface area contributed by atoms with Gasteiger partial charge in [0, 0.05) is 37.2 Å². The minimum atomic E-state index is -1.44. The normalized spacial score (nSPS) is 12.1. The van der Waals surface area contributed by atoms with Gasteiger partial charge in [0.05, 0.1) is 0 Å². The van der Waals surface area contributed by atoms with Crippen LogP contribution >= 0.6 is 0 Å². The van der Waals surface area contributed by atoms with Gasteiger partial charge in [0.25, 0.3) is 0 Å². The van der Waals surface area contributed by atoms with Crippen LogP contribution in [0.25, 0.3) is 0 Å². The Hall–Kier alpha value is -2.01. The summed E-state index contributed by atoms with van der Waals surface area (Å²) in [6.45, 7) is 0.00953. The average molecular weight is 319 g/mol. The summed E-state index contributed by atoms with van der Waals surface area (Å²) in [6.07, 6.45) is 0.248. The molecule has 0 radical (unpaired) electrons. The highest BCUT2D eigenvalue weighted by atomic mass is 32.2. The molecule has 0 saturated carbocycles. The predicted molar refractivity (Wildman–Crippen MR) is 76.0 cm³/mol. The molecule has 1 aromatic rings. The molecule has 0 aromatic carbocycles. The Kier molecular flexibility index (Phi) is 5.79. The van der Waals surface area contributed by atoms with Gasteiger partial charge < -0.3 is 0 Å². The molecule has 21 heavy (non-hydrogen) atoms. The van der Waals surface area contributed by atoms with Gasteiger partial charge in [-0.3, -0.25) is 14.4 Å². The van der Waals surface area contributed by atoms with Gasteiger partial charge in [-0.25, -0.2) is 33.9 Å². The highest BCUT2D eigenvalue weighted by Gasteiger charge is 2.11. The molecule has 0 spiro atoms. The first-order valence-corrected chi connectivity index (χ1v) is 7.49. The zero-order valence-corrected chi connectivity index (χ0v) is 12.5. The van der Waals surface area contributed by atoms with Crippen LogP contribution in [0.2, 0.25) is 0 Å². The fourth-order valence-corrected chi connectivity index (χ4v) is 2.64. The molecule has 1 heterocycles. The van der Waals surface area contributed by atoms with E-state index in [2.05, 4.69) is 0 Å². The fraction of sp³-hybridized carbons (Fsp3) is 0.600. The molecule has 0 fully saturated rings. The quantitative estimate of drug-likeness (QED) is 0.315. The smallest absolute Gasteiger partial charge is 0.293 e. The van der Waals surface area contributed by atoms with Crippen molar-refractivity contribution in [3.05, 3.63) is 31.5 Å². The van der Waals surface area contributed by atoms with Crippen molar-refractivity contribution in [3.63, 3.8) is 0 Å². The maximum atomic E-state index is 11.8. The van der Waals surface area contributed by atoms with Crippen LogP contribution < -0.4 is 28.3 Å². The van der Waals surface area contributed by atoms with Crippen LogP contribution in [-0.4, -0.2) is 35.3 Å². The maximum Gasteiger partial charge on any atom is 0.336 e. The van der Waals surface area contributed by atoms with Gasteiger partial charge in [-0.15, -0.1) is 0 Å². The van der Waals surface area contributed by atoms with Gasteiger partial charge in [-0.05, 0) is 6.42 Å². The van der Waals surface area contributed by atoms with E-state index in [1.165, 1.54) is 14.1 Å². The number of aromatic nitrogens is 3. The van der Waals surface area contributed by atoms with E-state index in [9.17, 15) is 23.4 Å². The van der Waals surface area contributed by atoms with Gasteiger partial charge in [0.2, 0.25) is 5.91 Å². The number of nitrogens with zero attached hydrogens (tertiary/aromatic N) is 3. The van der Waals surface area contributed by atoms with Crippen LogP contribution in [0.3, 0.4) is 0 Å². The molecular formula is C10H17N5O5S. The summed E-state index contributed by atoms with van der Waals surface area (Å²) >= 11 is 0. The SMILES string of the molecule is Cn1c(=O)n(C)c(=O)n(CCCS(=O)CC(=O)NN)c1=O. The number of hydrogen-bond donors (Lipinski definition) is 2. The fourth-order valence-electron chi connectivity index (χ4n) is 1.67.